The zero-order chi connectivity index (χ0) is 24.0. The van der Waals surface area contributed by atoms with Gasteiger partial charge in [-0.25, -0.2) is 18.2 Å². The minimum atomic E-state index is -4.66. The number of hydrazone groups is 1. The number of benzene rings is 2. The van der Waals surface area contributed by atoms with Crippen LogP contribution in [0.5, 0.6) is 0 Å². The molecule has 0 saturated carbocycles. The van der Waals surface area contributed by atoms with E-state index in [1.54, 1.807) is 5.01 Å². The Morgan fingerprint density at radius 2 is 1.82 bits per heavy atom. The molecule has 0 aliphatic carbocycles. The molecule has 34 heavy (non-hydrogen) atoms. The van der Waals surface area contributed by atoms with E-state index in [0.717, 1.165) is 18.2 Å². The van der Waals surface area contributed by atoms with Crippen LogP contribution >= 0.6 is 0 Å². The number of alkyl halides is 3. The maximum Gasteiger partial charge on any atom is 0.416 e. The summed E-state index contributed by atoms with van der Waals surface area (Å²) in [5, 5.41) is 9.52. The summed E-state index contributed by atoms with van der Waals surface area (Å²) in [5.41, 5.74) is -0.168. The predicted octanol–water partition coefficient (Wildman–Crippen LogP) is 5.52. The second-order valence-electron chi connectivity index (χ2n) is 7.49. The fourth-order valence-corrected chi connectivity index (χ4v) is 3.51. The summed E-state index contributed by atoms with van der Waals surface area (Å²) in [6, 6.07) is 7.33. The van der Waals surface area contributed by atoms with Gasteiger partial charge in [0.05, 0.1) is 36.1 Å². The molecule has 4 aromatic rings. The van der Waals surface area contributed by atoms with Crippen molar-refractivity contribution in [3.05, 3.63) is 82.6 Å². The van der Waals surface area contributed by atoms with Crippen LogP contribution in [-0.4, -0.2) is 26.3 Å². The number of imidazole rings is 1. The molecule has 0 amide bonds. The van der Waals surface area contributed by atoms with E-state index in [1.165, 1.54) is 24.4 Å². The van der Waals surface area contributed by atoms with Gasteiger partial charge in [-0.05, 0) is 30.3 Å². The van der Waals surface area contributed by atoms with E-state index < -0.39 is 29.2 Å². The minimum absolute atomic E-state index is 0.0206. The van der Waals surface area contributed by atoms with Gasteiger partial charge in [-0.3, -0.25) is 5.01 Å². The summed E-state index contributed by atoms with van der Waals surface area (Å²) < 4.78 is 85.3. The maximum atomic E-state index is 14.2. The molecular formula is C22H13F6N5O. The fourth-order valence-electron chi connectivity index (χ4n) is 3.51. The first-order valence-corrected chi connectivity index (χ1v) is 9.84. The van der Waals surface area contributed by atoms with Crippen molar-refractivity contribution in [2.45, 2.75) is 19.3 Å². The summed E-state index contributed by atoms with van der Waals surface area (Å²) in [5.74, 6) is -2.66. The van der Waals surface area contributed by atoms with E-state index in [4.69, 9.17) is 4.52 Å². The summed E-state index contributed by atoms with van der Waals surface area (Å²) >= 11 is 0. The normalized spacial score (nSPS) is 13.4. The maximum absolute atomic E-state index is 14.2. The van der Waals surface area contributed by atoms with Crippen molar-refractivity contribution in [1.82, 2.24) is 20.1 Å². The van der Waals surface area contributed by atoms with Gasteiger partial charge in [0.15, 0.2) is 17.4 Å². The zero-order valence-electron chi connectivity index (χ0n) is 17.0. The molecule has 0 bridgehead atoms. The lowest BCUT2D eigenvalue weighted by Crippen LogP contribution is -2.21. The van der Waals surface area contributed by atoms with E-state index in [-0.39, 0.29) is 41.5 Å². The van der Waals surface area contributed by atoms with Crippen molar-refractivity contribution in [2.75, 3.05) is 0 Å². The van der Waals surface area contributed by atoms with Gasteiger partial charge in [0.25, 0.3) is 0 Å². The van der Waals surface area contributed by atoms with E-state index in [0.29, 0.717) is 17.5 Å². The quantitative estimate of drug-likeness (QED) is 0.393. The smallest absolute Gasteiger partial charge is 0.359 e. The molecular weight excluding hydrogens is 464 g/mol. The number of hydrogen-bond donors (Lipinski definition) is 1. The molecule has 2 aromatic carbocycles. The standard InChI is InChI=1S/C22H13F6N5O/c23-15-3-1-2-14(20(15)25)21-30-18-8-29-33(10-19(18)31-21)9-12-7-17(32-34-12)13-5-4-11(6-16(13)24)22(26,27)28/h1-8H,9-10H2,(H,30,31). The van der Waals surface area contributed by atoms with Gasteiger partial charge in [-0.1, -0.05) is 11.2 Å². The van der Waals surface area contributed by atoms with E-state index in [2.05, 4.69) is 20.2 Å². The molecule has 1 N–H and O–H groups in total. The molecule has 0 fully saturated rings. The van der Waals surface area contributed by atoms with Crippen LogP contribution in [0, 0.1) is 17.5 Å². The minimum Gasteiger partial charge on any atom is -0.359 e. The molecule has 12 heteroatoms. The zero-order valence-corrected chi connectivity index (χ0v) is 17.0. The van der Waals surface area contributed by atoms with Crippen molar-refractivity contribution in [2.24, 2.45) is 5.10 Å². The Morgan fingerprint density at radius 1 is 1.00 bits per heavy atom. The molecule has 0 saturated heterocycles. The van der Waals surface area contributed by atoms with Crippen LogP contribution in [-0.2, 0) is 19.3 Å². The number of fused-ring (bicyclic) bond motifs is 1. The van der Waals surface area contributed by atoms with Crippen LogP contribution < -0.4 is 0 Å². The van der Waals surface area contributed by atoms with Gasteiger partial charge < -0.3 is 9.51 Å². The number of nitrogens with one attached hydrogen (secondary N) is 1. The van der Waals surface area contributed by atoms with Crippen LogP contribution in [0.25, 0.3) is 22.6 Å². The van der Waals surface area contributed by atoms with E-state index >= 15 is 0 Å². The van der Waals surface area contributed by atoms with Crippen LogP contribution in [0.3, 0.4) is 0 Å². The number of halogens is 6. The molecule has 6 nitrogen and oxygen atoms in total. The van der Waals surface area contributed by atoms with Gasteiger partial charge >= 0.3 is 6.18 Å². The second kappa shape index (κ2) is 8.04. The number of hydrogen-bond acceptors (Lipinski definition) is 5. The molecule has 2 aromatic heterocycles. The molecule has 5 rings (SSSR count). The number of nitrogens with zero attached hydrogens (tertiary/aromatic N) is 4. The molecule has 0 atom stereocenters. The van der Waals surface area contributed by atoms with Gasteiger partial charge in [0, 0.05) is 11.6 Å². The molecule has 0 spiro atoms. The Morgan fingerprint density at radius 3 is 2.59 bits per heavy atom. The summed E-state index contributed by atoms with van der Waals surface area (Å²) in [7, 11) is 0. The third-order valence-corrected chi connectivity index (χ3v) is 5.17. The third-order valence-electron chi connectivity index (χ3n) is 5.17. The highest BCUT2D eigenvalue weighted by Gasteiger charge is 2.31. The average molecular weight is 477 g/mol. The largest absolute Gasteiger partial charge is 0.416 e. The average Bonchev–Trinajstić information content (AvgIpc) is 3.41. The molecule has 3 heterocycles. The number of aromatic nitrogens is 3. The first-order chi connectivity index (χ1) is 16.2. The number of aromatic amines is 1. The van der Waals surface area contributed by atoms with Crippen LogP contribution in [0.1, 0.15) is 22.7 Å². The number of rotatable bonds is 4. The van der Waals surface area contributed by atoms with Gasteiger partial charge in [-0.2, -0.15) is 18.3 Å². The first kappa shape index (κ1) is 21.7. The SMILES string of the molecule is Fc1cc(C(F)(F)F)ccc1-c1cc(CN2Cc3[nH]c(-c4cccc(F)c4F)nc3C=N2)on1. The van der Waals surface area contributed by atoms with Gasteiger partial charge in [0.1, 0.15) is 23.0 Å². The molecule has 1 aliphatic heterocycles. The first-order valence-electron chi connectivity index (χ1n) is 9.84. The molecule has 0 unspecified atom stereocenters. The highest BCUT2D eigenvalue weighted by atomic mass is 19.4. The van der Waals surface area contributed by atoms with Gasteiger partial charge in [-0.15, -0.1) is 0 Å². The summed E-state index contributed by atoms with van der Waals surface area (Å²) in [6.45, 7) is 0.328. The molecule has 1 aliphatic rings. The van der Waals surface area contributed by atoms with Crippen molar-refractivity contribution in [3.63, 3.8) is 0 Å². The van der Waals surface area contributed by atoms with Gasteiger partial charge in [0.2, 0.25) is 0 Å². The summed E-state index contributed by atoms with van der Waals surface area (Å²) in [4.78, 5) is 7.20. The Balaban J connectivity index is 1.32. The molecule has 0 radical (unpaired) electrons. The Bertz CT molecular complexity index is 1410. The predicted molar refractivity (Wildman–Crippen MR) is 108 cm³/mol. The lowest BCUT2D eigenvalue weighted by atomic mass is 10.1. The lowest BCUT2D eigenvalue weighted by molar-refractivity contribution is -0.137. The summed E-state index contributed by atoms with van der Waals surface area (Å²) in [6.07, 6.45) is -3.23. The van der Waals surface area contributed by atoms with Crippen molar-refractivity contribution < 1.29 is 30.9 Å². The lowest BCUT2D eigenvalue weighted by Gasteiger charge is -2.19. The second-order valence-corrected chi connectivity index (χ2v) is 7.49. The Labute approximate surface area is 187 Å². The highest BCUT2D eigenvalue weighted by Crippen LogP contribution is 2.33. The Kier molecular flexibility index (Phi) is 5.14. The fraction of sp³-hybridized carbons (Fsp3) is 0.136. The van der Waals surface area contributed by atoms with Crippen LogP contribution in [0.2, 0.25) is 0 Å². The van der Waals surface area contributed by atoms with Crippen LogP contribution in [0.15, 0.2) is 52.1 Å². The van der Waals surface area contributed by atoms with Crippen LogP contribution in [0.4, 0.5) is 26.3 Å². The third kappa shape index (κ3) is 4.02. The van der Waals surface area contributed by atoms with Crippen molar-refractivity contribution >= 4 is 6.21 Å². The van der Waals surface area contributed by atoms with E-state index in [1.807, 2.05) is 0 Å². The Hall–Kier alpha value is -4.09. The van der Waals surface area contributed by atoms with E-state index in [9.17, 15) is 26.3 Å². The number of H-pyrrole nitrogens is 1. The van der Waals surface area contributed by atoms with Crippen molar-refractivity contribution in [3.8, 4) is 22.6 Å². The van der Waals surface area contributed by atoms with Crippen molar-refractivity contribution in [1.29, 1.82) is 0 Å². The topological polar surface area (TPSA) is 70.3 Å². The monoisotopic (exact) mass is 477 g/mol. The molecule has 174 valence electrons. The highest BCUT2D eigenvalue weighted by molar-refractivity contribution is 5.80.